The first-order valence-corrected chi connectivity index (χ1v) is 13.0. The Balaban J connectivity index is 1.45. The van der Waals surface area contributed by atoms with Gasteiger partial charge in [-0.1, -0.05) is 54.1 Å². The van der Waals surface area contributed by atoms with Gasteiger partial charge in [-0.05, 0) is 73.2 Å². The van der Waals surface area contributed by atoms with Crippen LogP contribution in [0.1, 0.15) is 33.2 Å². The van der Waals surface area contributed by atoms with Crippen molar-refractivity contribution in [1.29, 1.82) is 0 Å². The molecule has 0 spiro atoms. The molecule has 0 radical (unpaired) electrons. The molecule has 0 saturated carbocycles. The summed E-state index contributed by atoms with van der Waals surface area (Å²) in [7, 11) is 1.48. The van der Waals surface area contributed by atoms with Gasteiger partial charge in [-0.15, -0.1) is 0 Å². The van der Waals surface area contributed by atoms with Gasteiger partial charge in [-0.25, -0.2) is 4.79 Å². The molecule has 0 aliphatic carbocycles. The van der Waals surface area contributed by atoms with Gasteiger partial charge in [0.1, 0.15) is 22.7 Å². The van der Waals surface area contributed by atoms with E-state index in [9.17, 15) is 9.59 Å². The van der Waals surface area contributed by atoms with Gasteiger partial charge in [0.2, 0.25) is 0 Å². The van der Waals surface area contributed by atoms with Crippen molar-refractivity contribution in [2.75, 3.05) is 13.7 Å². The number of furan rings is 1. The summed E-state index contributed by atoms with van der Waals surface area (Å²) in [5.41, 5.74) is 2.77. The highest BCUT2D eigenvalue weighted by Gasteiger charge is 2.25. The lowest BCUT2D eigenvalue weighted by Gasteiger charge is -2.11. The standard InChI is InChI=1S/C33H25ClO6/c1-3-38-25-15-18-28-26(20-25)31(32(39-28)23-7-5-4-6-8-23)33(36)40-29-17-10-21(19-30(29)37-2)9-16-27(35)22-11-13-24(34)14-12-22/h4-20H,3H2,1-2H3/b16-9+. The van der Waals surface area contributed by atoms with Crippen LogP contribution in [0.3, 0.4) is 0 Å². The minimum absolute atomic E-state index is 0.169. The Labute approximate surface area is 236 Å². The van der Waals surface area contributed by atoms with Crippen LogP contribution in [0, 0.1) is 0 Å². The predicted octanol–water partition coefficient (Wildman–Crippen LogP) is 8.28. The average molecular weight is 553 g/mol. The first kappa shape index (κ1) is 26.8. The van der Waals surface area contributed by atoms with Crippen LogP contribution in [0.25, 0.3) is 28.4 Å². The number of hydrogen-bond acceptors (Lipinski definition) is 6. The highest BCUT2D eigenvalue weighted by atomic mass is 35.5. The van der Waals surface area contributed by atoms with Crippen LogP contribution >= 0.6 is 11.6 Å². The number of benzene rings is 4. The Morgan fingerprint density at radius 2 is 1.68 bits per heavy atom. The monoisotopic (exact) mass is 552 g/mol. The number of carbonyl (C=O) groups excluding carboxylic acids is 2. The summed E-state index contributed by atoms with van der Waals surface area (Å²) in [6, 6.07) is 26.4. The highest BCUT2D eigenvalue weighted by molar-refractivity contribution is 6.30. The molecule has 5 aromatic rings. The van der Waals surface area contributed by atoms with E-state index in [-0.39, 0.29) is 17.1 Å². The Hall–Kier alpha value is -4.81. The quantitative estimate of drug-likeness (QED) is 0.0792. The van der Waals surface area contributed by atoms with Crippen LogP contribution in [0.4, 0.5) is 0 Å². The lowest BCUT2D eigenvalue weighted by atomic mass is 10.1. The number of rotatable bonds is 9. The largest absolute Gasteiger partial charge is 0.494 e. The van der Waals surface area contributed by atoms with E-state index in [1.54, 1.807) is 66.7 Å². The second kappa shape index (κ2) is 11.9. The second-order valence-corrected chi connectivity index (χ2v) is 9.20. The average Bonchev–Trinajstić information content (AvgIpc) is 3.36. The van der Waals surface area contributed by atoms with Crippen molar-refractivity contribution in [2.45, 2.75) is 6.92 Å². The van der Waals surface area contributed by atoms with Crippen molar-refractivity contribution >= 4 is 40.4 Å². The molecule has 0 atom stereocenters. The molecule has 0 aliphatic heterocycles. The first-order chi connectivity index (χ1) is 19.5. The van der Waals surface area contributed by atoms with Crippen molar-refractivity contribution in [3.8, 4) is 28.6 Å². The van der Waals surface area contributed by atoms with Crippen molar-refractivity contribution in [2.24, 2.45) is 0 Å². The summed E-state index contributed by atoms with van der Waals surface area (Å²) in [5.74, 6) is 0.796. The maximum absolute atomic E-state index is 13.7. The summed E-state index contributed by atoms with van der Waals surface area (Å²) in [5, 5.41) is 1.14. The van der Waals surface area contributed by atoms with Crippen LogP contribution in [0.2, 0.25) is 5.02 Å². The lowest BCUT2D eigenvalue weighted by Crippen LogP contribution is -2.10. The number of carbonyl (C=O) groups is 2. The number of allylic oxidation sites excluding steroid dienone is 1. The van der Waals surface area contributed by atoms with E-state index in [0.717, 1.165) is 5.56 Å². The van der Waals surface area contributed by atoms with Gasteiger partial charge in [0.25, 0.3) is 0 Å². The van der Waals surface area contributed by atoms with Crippen LogP contribution in [-0.4, -0.2) is 25.5 Å². The lowest BCUT2D eigenvalue weighted by molar-refractivity contribution is 0.0731. The maximum Gasteiger partial charge on any atom is 0.348 e. The Kier molecular flexibility index (Phi) is 7.99. The van der Waals surface area contributed by atoms with Gasteiger partial charge in [0.15, 0.2) is 17.3 Å². The third-order valence-electron chi connectivity index (χ3n) is 6.16. The van der Waals surface area contributed by atoms with Crippen LogP contribution in [0.5, 0.6) is 17.2 Å². The van der Waals surface area contributed by atoms with Crippen molar-refractivity contribution in [3.63, 3.8) is 0 Å². The minimum Gasteiger partial charge on any atom is -0.494 e. The molecule has 0 aliphatic rings. The molecule has 0 fully saturated rings. The Bertz CT molecular complexity index is 1700. The summed E-state index contributed by atoms with van der Waals surface area (Å²) in [6.45, 7) is 2.38. The number of halogens is 1. The molecule has 0 bridgehead atoms. The molecule has 4 aromatic carbocycles. The molecular formula is C33H25ClO6. The zero-order valence-corrected chi connectivity index (χ0v) is 22.6. The molecule has 200 valence electrons. The molecule has 5 rings (SSSR count). The predicted molar refractivity (Wildman–Crippen MR) is 156 cm³/mol. The maximum atomic E-state index is 13.7. The van der Waals surface area contributed by atoms with Gasteiger partial charge >= 0.3 is 5.97 Å². The van der Waals surface area contributed by atoms with Crippen LogP contribution in [0.15, 0.2) is 101 Å². The molecule has 0 amide bonds. The zero-order chi connectivity index (χ0) is 28.1. The third-order valence-corrected chi connectivity index (χ3v) is 6.41. The number of ketones is 1. The van der Waals surface area contributed by atoms with Gasteiger partial charge in [-0.3, -0.25) is 4.79 Å². The molecule has 40 heavy (non-hydrogen) atoms. The number of methoxy groups -OCH3 is 1. The second-order valence-electron chi connectivity index (χ2n) is 8.77. The number of hydrogen-bond donors (Lipinski definition) is 0. The Morgan fingerprint density at radius 3 is 2.40 bits per heavy atom. The summed E-state index contributed by atoms with van der Waals surface area (Å²) < 4.78 is 23.1. The molecule has 0 unspecified atom stereocenters. The summed E-state index contributed by atoms with van der Waals surface area (Å²) in [6.07, 6.45) is 3.13. The summed E-state index contributed by atoms with van der Waals surface area (Å²) >= 11 is 5.90. The smallest absolute Gasteiger partial charge is 0.348 e. The number of fused-ring (bicyclic) bond motifs is 1. The molecular weight excluding hydrogens is 528 g/mol. The van der Waals surface area contributed by atoms with Crippen molar-refractivity contribution in [3.05, 3.63) is 119 Å². The van der Waals surface area contributed by atoms with E-state index in [4.69, 9.17) is 30.2 Å². The molecule has 1 aromatic heterocycles. The fraction of sp³-hybridized carbons (Fsp3) is 0.0909. The van der Waals surface area contributed by atoms with Gasteiger partial charge in [0, 0.05) is 21.5 Å². The highest BCUT2D eigenvalue weighted by Crippen LogP contribution is 2.37. The van der Waals surface area contributed by atoms with E-state index < -0.39 is 5.97 Å². The summed E-state index contributed by atoms with van der Waals surface area (Å²) in [4.78, 5) is 26.2. The normalized spacial score (nSPS) is 11.1. The van der Waals surface area contributed by atoms with E-state index in [1.807, 2.05) is 37.3 Å². The molecule has 6 nitrogen and oxygen atoms in total. The van der Waals surface area contributed by atoms with E-state index in [1.165, 1.54) is 13.2 Å². The van der Waals surface area contributed by atoms with Crippen molar-refractivity contribution < 1.29 is 28.2 Å². The Morgan fingerprint density at radius 1 is 0.900 bits per heavy atom. The topological polar surface area (TPSA) is 75.0 Å². The van der Waals surface area contributed by atoms with Gasteiger partial charge in [0.05, 0.1) is 13.7 Å². The van der Waals surface area contributed by atoms with Crippen molar-refractivity contribution in [1.82, 2.24) is 0 Å². The third kappa shape index (κ3) is 5.77. The van der Waals surface area contributed by atoms with E-state index >= 15 is 0 Å². The van der Waals surface area contributed by atoms with Gasteiger partial charge in [-0.2, -0.15) is 0 Å². The number of ether oxygens (including phenoxy) is 3. The van der Waals surface area contributed by atoms with E-state index in [2.05, 4.69) is 0 Å². The fourth-order valence-corrected chi connectivity index (χ4v) is 4.36. The first-order valence-electron chi connectivity index (χ1n) is 12.6. The fourth-order valence-electron chi connectivity index (χ4n) is 4.23. The molecule has 0 N–H and O–H groups in total. The van der Waals surface area contributed by atoms with Crippen LogP contribution in [-0.2, 0) is 0 Å². The van der Waals surface area contributed by atoms with E-state index in [0.29, 0.717) is 51.0 Å². The SMILES string of the molecule is CCOc1ccc2oc(-c3ccccc3)c(C(=O)Oc3ccc(/C=C/C(=O)c4ccc(Cl)cc4)cc3OC)c2c1. The minimum atomic E-state index is -0.606. The molecule has 7 heteroatoms. The molecule has 1 heterocycles. The number of esters is 1. The van der Waals surface area contributed by atoms with Crippen LogP contribution < -0.4 is 14.2 Å². The zero-order valence-electron chi connectivity index (χ0n) is 21.8. The molecule has 0 saturated heterocycles. The van der Waals surface area contributed by atoms with Gasteiger partial charge < -0.3 is 18.6 Å².